The van der Waals surface area contributed by atoms with Crippen molar-refractivity contribution in [1.29, 1.82) is 0 Å². The molecule has 2 amide bonds. The fourth-order valence-electron chi connectivity index (χ4n) is 5.04. The summed E-state index contributed by atoms with van der Waals surface area (Å²) in [6.45, 7) is 0.651. The molecule has 1 atom stereocenters. The lowest BCUT2D eigenvalue weighted by Gasteiger charge is -2.43. The number of carbonyl (C=O) groups is 2. The number of alkyl halides is 3. The molecule has 0 spiro atoms. The standard InChI is InChI=1S/C26H29F4N3O4/c1-24(36,26(28,29)30)17-4-2-16(3-5-17)22(34)33(19-7-8-19)20-10-12-25(13-11-20,15-37-23(31)35)21-9-6-18(27)14-32-21/h2-6,9,14,19-20,36H,7-8,10-13,15H2,1H3,(H2,31,35)/t20?,24-,25?/m0/s1. The van der Waals surface area contributed by atoms with Crippen LogP contribution >= 0.6 is 0 Å². The Morgan fingerprint density at radius 3 is 2.16 bits per heavy atom. The summed E-state index contributed by atoms with van der Waals surface area (Å²) in [5, 5.41) is 9.91. The van der Waals surface area contributed by atoms with Crippen molar-refractivity contribution in [2.75, 3.05) is 6.61 Å². The van der Waals surface area contributed by atoms with Crippen LogP contribution in [0, 0.1) is 5.82 Å². The first kappa shape index (κ1) is 26.8. The molecule has 2 aliphatic rings. The van der Waals surface area contributed by atoms with E-state index in [1.165, 1.54) is 18.2 Å². The number of nitrogens with two attached hydrogens (primary N) is 1. The summed E-state index contributed by atoms with van der Waals surface area (Å²) in [4.78, 5) is 30.8. The van der Waals surface area contributed by atoms with Crippen LogP contribution in [-0.2, 0) is 15.8 Å². The van der Waals surface area contributed by atoms with Crippen molar-refractivity contribution in [2.45, 2.75) is 74.7 Å². The number of ether oxygens (including phenoxy) is 1. The Hall–Kier alpha value is -3.21. The van der Waals surface area contributed by atoms with Gasteiger partial charge in [-0.25, -0.2) is 9.18 Å². The fraction of sp³-hybridized carbons (Fsp3) is 0.500. The molecule has 200 valence electrons. The van der Waals surface area contributed by atoms with Gasteiger partial charge in [-0.3, -0.25) is 9.78 Å². The molecule has 1 heterocycles. The molecule has 0 aliphatic heterocycles. The lowest BCUT2D eigenvalue weighted by Crippen LogP contribution is -2.48. The maximum Gasteiger partial charge on any atom is 0.421 e. The van der Waals surface area contributed by atoms with E-state index >= 15 is 0 Å². The Balaban J connectivity index is 1.52. The van der Waals surface area contributed by atoms with Crippen LogP contribution in [0.15, 0.2) is 42.6 Å². The number of pyridine rings is 1. The Labute approximate surface area is 211 Å². The Kier molecular flexibility index (Phi) is 7.20. The third-order valence-corrected chi connectivity index (χ3v) is 7.49. The van der Waals surface area contributed by atoms with Crippen LogP contribution in [0.2, 0.25) is 0 Å². The molecule has 3 N–H and O–H groups in total. The van der Waals surface area contributed by atoms with Crippen molar-refractivity contribution in [3.63, 3.8) is 0 Å². The van der Waals surface area contributed by atoms with Gasteiger partial charge in [0.05, 0.1) is 11.9 Å². The van der Waals surface area contributed by atoms with E-state index in [4.69, 9.17) is 10.5 Å². The highest BCUT2D eigenvalue weighted by molar-refractivity contribution is 5.95. The number of hydrogen-bond acceptors (Lipinski definition) is 5. The SMILES string of the molecule is C[C@](O)(c1ccc(C(=O)N(C2CC2)C2CCC(COC(N)=O)(c3ccc(F)cn3)CC2)cc1)C(F)(F)F. The van der Waals surface area contributed by atoms with E-state index in [2.05, 4.69) is 4.98 Å². The van der Waals surface area contributed by atoms with E-state index in [1.807, 2.05) is 0 Å². The summed E-state index contributed by atoms with van der Waals surface area (Å²) in [7, 11) is 0. The van der Waals surface area contributed by atoms with E-state index in [9.17, 15) is 32.3 Å². The van der Waals surface area contributed by atoms with Gasteiger partial charge < -0.3 is 20.5 Å². The highest BCUT2D eigenvalue weighted by Gasteiger charge is 2.51. The summed E-state index contributed by atoms with van der Waals surface area (Å²) < 4.78 is 58.2. The van der Waals surface area contributed by atoms with Crippen LogP contribution in [0.25, 0.3) is 0 Å². The normalized spacial score (nSPS) is 23.7. The Bertz CT molecular complexity index is 1120. The highest BCUT2D eigenvalue weighted by atomic mass is 19.4. The lowest BCUT2D eigenvalue weighted by atomic mass is 9.70. The van der Waals surface area contributed by atoms with Gasteiger partial charge in [0.25, 0.3) is 5.91 Å². The number of primary amides is 1. The van der Waals surface area contributed by atoms with Gasteiger partial charge in [0, 0.05) is 23.1 Å². The van der Waals surface area contributed by atoms with Crippen molar-refractivity contribution in [3.05, 3.63) is 65.2 Å². The first-order valence-corrected chi connectivity index (χ1v) is 12.1. The monoisotopic (exact) mass is 523 g/mol. The third kappa shape index (κ3) is 5.56. The zero-order valence-corrected chi connectivity index (χ0v) is 20.3. The van der Waals surface area contributed by atoms with Crippen molar-refractivity contribution < 1.29 is 37.0 Å². The van der Waals surface area contributed by atoms with Crippen molar-refractivity contribution in [1.82, 2.24) is 9.88 Å². The van der Waals surface area contributed by atoms with E-state index < -0.39 is 29.1 Å². The number of hydrogen-bond donors (Lipinski definition) is 2. The quantitative estimate of drug-likeness (QED) is 0.518. The Morgan fingerprint density at radius 2 is 1.68 bits per heavy atom. The molecule has 0 bridgehead atoms. The molecule has 2 fully saturated rings. The smallest absolute Gasteiger partial charge is 0.421 e. The van der Waals surface area contributed by atoms with E-state index in [1.54, 1.807) is 11.0 Å². The number of halogens is 4. The van der Waals surface area contributed by atoms with Gasteiger partial charge in [0.1, 0.15) is 12.4 Å². The fourth-order valence-corrected chi connectivity index (χ4v) is 5.04. The molecule has 11 heteroatoms. The van der Waals surface area contributed by atoms with Crippen LogP contribution < -0.4 is 5.73 Å². The number of carbonyl (C=O) groups excluding carboxylic acids is 2. The molecule has 37 heavy (non-hydrogen) atoms. The first-order valence-electron chi connectivity index (χ1n) is 12.1. The van der Waals surface area contributed by atoms with Gasteiger partial charge in [0.15, 0.2) is 5.60 Å². The first-order chi connectivity index (χ1) is 17.3. The molecular weight excluding hydrogens is 494 g/mol. The number of rotatable bonds is 7. The van der Waals surface area contributed by atoms with Crippen LogP contribution in [-0.4, -0.2) is 51.9 Å². The van der Waals surface area contributed by atoms with Gasteiger partial charge >= 0.3 is 12.3 Å². The molecule has 2 aromatic rings. The van der Waals surface area contributed by atoms with Crippen LogP contribution in [0.3, 0.4) is 0 Å². The molecular formula is C26H29F4N3O4. The number of aliphatic hydroxyl groups is 1. The maximum atomic E-state index is 13.5. The number of nitrogens with zero attached hydrogens (tertiary/aromatic N) is 2. The van der Waals surface area contributed by atoms with Crippen molar-refractivity contribution >= 4 is 12.0 Å². The van der Waals surface area contributed by atoms with E-state index in [0.29, 0.717) is 38.3 Å². The molecule has 7 nitrogen and oxygen atoms in total. The van der Waals surface area contributed by atoms with Crippen LogP contribution in [0.5, 0.6) is 0 Å². The minimum absolute atomic E-state index is 0.0222. The topological polar surface area (TPSA) is 106 Å². The average molecular weight is 524 g/mol. The molecule has 2 aliphatic carbocycles. The van der Waals surface area contributed by atoms with Gasteiger partial charge in [-0.1, -0.05) is 12.1 Å². The maximum absolute atomic E-state index is 13.5. The number of benzene rings is 1. The third-order valence-electron chi connectivity index (χ3n) is 7.49. The van der Waals surface area contributed by atoms with Gasteiger partial charge in [-0.15, -0.1) is 0 Å². The highest BCUT2D eigenvalue weighted by Crippen LogP contribution is 2.43. The summed E-state index contributed by atoms with van der Waals surface area (Å²) in [6.07, 6.45) is -0.878. The molecule has 1 aromatic carbocycles. The van der Waals surface area contributed by atoms with Gasteiger partial charge in [0.2, 0.25) is 0 Å². The predicted molar refractivity (Wildman–Crippen MR) is 125 cm³/mol. The molecule has 4 rings (SSSR count). The molecule has 2 saturated carbocycles. The van der Waals surface area contributed by atoms with E-state index in [0.717, 1.165) is 31.2 Å². The number of amides is 2. The van der Waals surface area contributed by atoms with Crippen LogP contribution in [0.1, 0.15) is 67.1 Å². The molecule has 0 saturated heterocycles. The summed E-state index contributed by atoms with van der Waals surface area (Å²) in [5.74, 6) is -0.775. The minimum Gasteiger partial charge on any atom is -0.449 e. The summed E-state index contributed by atoms with van der Waals surface area (Å²) >= 11 is 0. The zero-order valence-electron chi connectivity index (χ0n) is 20.3. The van der Waals surface area contributed by atoms with E-state index in [-0.39, 0.29) is 35.7 Å². The second kappa shape index (κ2) is 9.92. The second-order valence-electron chi connectivity index (χ2n) is 10.1. The van der Waals surface area contributed by atoms with Gasteiger partial charge in [-0.05, 0) is 75.3 Å². The zero-order chi connectivity index (χ0) is 27.0. The predicted octanol–water partition coefficient (Wildman–Crippen LogP) is 4.57. The lowest BCUT2D eigenvalue weighted by molar-refractivity contribution is -0.258. The molecule has 0 unspecified atom stereocenters. The minimum atomic E-state index is -4.86. The average Bonchev–Trinajstić information content (AvgIpc) is 3.69. The van der Waals surface area contributed by atoms with Crippen molar-refractivity contribution in [3.8, 4) is 0 Å². The van der Waals surface area contributed by atoms with Crippen LogP contribution in [0.4, 0.5) is 22.4 Å². The largest absolute Gasteiger partial charge is 0.449 e. The summed E-state index contributed by atoms with van der Waals surface area (Å²) in [5.41, 5.74) is 1.94. The van der Waals surface area contributed by atoms with Crippen molar-refractivity contribution in [2.24, 2.45) is 5.73 Å². The van der Waals surface area contributed by atoms with Gasteiger partial charge in [-0.2, -0.15) is 13.2 Å². The molecule has 0 radical (unpaired) electrons. The summed E-state index contributed by atoms with van der Waals surface area (Å²) in [6, 6.07) is 7.61. The number of aromatic nitrogens is 1. The Morgan fingerprint density at radius 1 is 1.08 bits per heavy atom. The second-order valence-corrected chi connectivity index (χ2v) is 10.1. The molecule has 1 aromatic heterocycles.